The van der Waals surface area contributed by atoms with Gasteiger partial charge in [-0.15, -0.1) is 0 Å². The normalized spacial score (nSPS) is 10.4. The van der Waals surface area contributed by atoms with Crippen LogP contribution in [0.2, 0.25) is 0 Å². The van der Waals surface area contributed by atoms with Crippen molar-refractivity contribution >= 4 is 17.6 Å². The average molecular weight is 471 g/mol. The number of hydrogen-bond donors (Lipinski definition) is 2. The number of nitrogens with one attached hydrogen (secondary N) is 1. The molecule has 2 N–H and O–H groups in total. The van der Waals surface area contributed by atoms with Gasteiger partial charge in [-0.3, -0.25) is 4.79 Å². The van der Waals surface area contributed by atoms with Gasteiger partial charge < -0.3 is 19.9 Å². The van der Waals surface area contributed by atoms with Crippen molar-refractivity contribution in [2.45, 2.75) is 13.0 Å². The summed E-state index contributed by atoms with van der Waals surface area (Å²) < 4.78 is 25.2. The number of halogens is 1. The molecule has 6 nitrogen and oxygen atoms in total. The Morgan fingerprint density at radius 1 is 0.771 bits per heavy atom. The Bertz CT molecular complexity index is 1320. The van der Waals surface area contributed by atoms with Gasteiger partial charge >= 0.3 is 5.97 Å². The van der Waals surface area contributed by atoms with Crippen LogP contribution in [0.15, 0.2) is 97.1 Å². The van der Waals surface area contributed by atoms with Gasteiger partial charge in [-0.25, -0.2) is 9.18 Å². The van der Waals surface area contributed by atoms with Crippen molar-refractivity contribution in [3.8, 4) is 17.2 Å². The van der Waals surface area contributed by atoms with E-state index in [1.807, 2.05) is 48.5 Å². The van der Waals surface area contributed by atoms with Crippen LogP contribution in [-0.2, 0) is 17.8 Å². The molecule has 0 spiro atoms. The summed E-state index contributed by atoms with van der Waals surface area (Å²) in [7, 11) is 0. The van der Waals surface area contributed by atoms with E-state index in [1.54, 1.807) is 30.3 Å². The lowest BCUT2D eigenvalue weighted by molar-refractivity contribution is -0.115. The zero-order valence-corrected chi connectivity index (χ0v) is 18.6. The Hall–Kier alpha value is -4.65. The van der Waals surface area contributed by atoms with E-state index < -0.39 is 17.7 Å². The molecule has 4 rings (SSSR count). The Kier molecular flexibility index (Phi) is 7.37. The molecule has 35 heavy (non-hydrogen) atoms. The van der Waals surface area contributed by atoms with Gasteiger partial charge in [-0.05, 0) is 53.6 Å². The number of aromatic carboxylic acids is 1. The summed E-state index contributed by atoms with van der Waals surface area (Å²) in [4.78, 5) is 23.7. The Labute approximate surface area is 201 Å². The van der Waals surface area contributed by atoms with Gasteiger partial charge in [-0.2, -0.15) is 0 Å². The molecule has 0 unspecified atom stereocenters. The smallest absolute Gasteiger partial charge is 0.337 e. The third kappa shape index (κ3) is 6.68. The summed E-state index contributed by atoms with van der Waals surface area (Å²) in [6.45, 7) is 0.449. The van der Waals surface area contributed by atoms with Gasteiger partial charge in [0.1, 0.15) is 29.7 Å². The van der Waals surface area contributed by atoms with Crippen LogP contribution < -0.4 is 14.8 Å². The zero-order chi connectivity index (χ0) is 24.6. The van der Waals surface area contributed by atoms with Crippen molar-refractivity contribution in [3.63, 3.8) is 0 Å². The minimum absolute atomic E-state index is 0.0152. The molecule has 0 radical (unpaired) electrons. The second-order valence-electron chi connectivity index (χ2n) is 7.72. The zero-order valence-electron chi connectivity index (χ0n) is 18.6. The van der Waals surface area contributed by atoms with Crippen molar-refractivity contribution in [2.75, 3.05) is 5.32 Å². The van der Waals surface area contributed by atoms with E-state index in [4.69, 9.17) is 9.47 Å². The third-order valence-corrected chi connectivity index (χ3v) is 5.06. The monoisotopic (exact) mass is 471 g/mol. The van der Waals surface area contributed by atoms with E-state index >= 15 is 0 Å². The minimum Gasteiger partial charge on any atom is -0.489 e. The summed E-state index contributed by atoms with van der Waals surface area (Å²) in [5.41, 5.74) is 1.48. The number of carbonyl (C=O) groups is 2. The van der Waals surface area contributed by atoms with Gasteiger partial charge in [0, 0.05) is 6.07 Å². The molecule has 0 atom stereocenters. The average Bonchev–Trinajstić information content (AvgIpc) is 2.85. The van der Waals surface area contributed by atoms with Crippen LogP contribution >= 0.6 is 0 Å². The van der Waals surface area contributed by atoms with Gasteiger partial charge in [0.25, 0.3) is 0 Å². The van der Waals surface area contributed by atoms with Crippen LogP contribution in [-0.4, -0.2) is 17.0 Å². The number of carboxylic acid groups (broad SMARTS) is 1. The highest BCUT2D eigenvalue weighted by atomic mass is 19.1. The van der Waals surface area contributed by atoms with Crippen molar-refractivity contribution in [3.05, 3.63) is 120 Å². The molecular weight excluding hydrogens is 449 g/mol. The van der Waals surface area contributed by atoms with Crippen LogP contribution in [0.25, 0.3) is 0 Å². The number of carbonyl (C=O) groups excluding carboxylic acids is 1. The lowest BCUT2D eigenvalue weighted by Crippen LogP contribution is -2.17. The minimum atomic E-state index is -1.25. The first kappa shape index (κ1) is 23.5. The van der Waals surface area contributed by atoms with Gasteiger partial charge in [0.05, 0.1) is 17.7 Å². The van der Waals surface area contributed by atoms with E-state index in [9.17, 15) is 19.1 Å². The molecule has 0 saturated carbocycles. The summed E-state index contributed by atoms with van der Waals surface area (Å²) in [5, 5.41) is 11.7. The molecule has 0 heterocycles. The van der Waals surface area contributed by atoms with Gasteiger partial charge in [0.15, 0.2) is 0 Å². The quantitative estimate of drug-likeness (QED) is 0.309. The largest absolute Gasteiger partial charge is 0.489 e. The lowest BCUT2D eigenvalue weighted by Gasteiger charge is -2.11. The van der Waals surface area contributed by atoms with E-state index in [0.29, 0.717) is 29.4 Å². The van der Waals surface area contributed by atoms with E-state index in [0.717, 1.165) is 23.8 Å². The molecule has 0 saturated heterocycles. The molecule has 0 aromatic heterocycles. The first-order valence-corrected chi connectivity index (χ1v) is 10.8. The van der Waals surface area contributed by atoms with Crippen LogP contribution in [0.4, 0.5) is 10.1 Å². The molecule has 0 aliphatic carbocycles. The first-order valence-electron chi connectivity index (χ1n) is 10.8. The third-order valence-electron chi connectivity index (χ3n) is 5.06. The molecule has 176 valence electrons. The highest BCUT2D eigenvalue weighted by molar-refractivity contribution is 6.01. The summed E-state index contributed by atoms with van der Waals surface area (Å²) in [6.07, 6.45) is -0.0152. The maximum absolute atomic E-state index is 13.5. The Morgan fingerprint density at radius 3 is 2.26 bits per heavy atom. The number of amides is 1. The highest BCUT2D eigenvalue weighted by Crippen LogP contribution is 2.26. The van der Waals surface area contributed by atoms with Crippen LogP contribution in [0.3, 0.4) is 0 Å². The number of benzene rings is 4. The molecule has 7 heteroatoms. The molecule has 4 aromatic carbocycles. The number of hydrogen-bond acceptors (Lipinski definition) is 4. The number of anilines is 1. The number of carboxylic acids is 1. The fourth-order valence-electron chi connectivity index (χ4n) is 3.37. The Morgan fingerprint density at radius 2 is 1.51 bits per heavy atom. The van der Waals surface area contributed by atoms with Gasteiger partial charge in [-0.1, -0.05) is 48.5 Å². The summed E-state index contributed by atoms with van der Waals surface area (Å²) >= 11 is 0. The number of ether oxygens (including phenoxy) is 2. The Balaban J connectivity index is 1.34. The lowest BCUT2D eigenvalue weighted by atomic mass is 10.1. The standard InChI is InChI=1S/C28H22FNO5/c29-21-11-14-25(28(32)33)26(16-21)30-27(31)15-19-9-12-22(13-10-19)35-24-8-4-7-23(17-24)34-18-20-5-2-1-3-6-20/h1-14,16-17H,15,18H2,(H,30,31)(H,32,33). The van der Waals surface area contributed by atoms with E-state index in [2.05, 4.69) is 5.32 Å². The van der Waals surface area contributed by atoms with Crippen LogP contribution in [0.1, 0.15) is 21.5 Å². The van der Waals surface area contributed by atoms with E-state index in [-0.39, 0.29) is 17.7 Å². The molecule has 0 aliphatic rings. The van der Waals surface area contributed by atoms with Crippen molar-refractivity contribution in [1.82, 2.24) is 0 Å². The fraction of sp³-hybridized carbons (Fsp3) is 0.0714. The molecular formula is C28H22FNO5. The van der Waals surface area contributed by atoms with Crippen molar-refractivity contribution in [2.24, 2.45) is 0 Å². The van der Waals surface area contributed by atoms with Crippen LogP contribution in [0, 0.1) is 5.82 Å². The van der Waals surface area contributed by atoms with Crippen molar-refractivity contribution in [1.29, 1.82) is 0 Å². The first-order chi connectivity index (χ1) is 17.0. The summed E-state index contributed by atoms with van der Waals surface area (Å²) in [6, 6.07) is 27.2. The van der Waals surface area contributed by atoms with Crippen LogP contribution in [0.5, 0.6) is 17.2 Å². The summed E-state index contributed by atoms with van der Waals surface area (Å²) in [5.74, 6) is -0.494. The second kappa shape index (κ2) is 11.0. The molecule has 4 aromatic rings. The topological polar surface area (TPSA) is 84.9 Å². The predicted molar refractivity (Wildman–Crippen MR) is 129 cm³/mol. The maximum Gasteiger partial charge on any atom is 0.337 e. The maximum atomic E-state index is 13.5. The van der Waals surface area contributed by atoms with Gasteiger partial charge in [0.2, 0.25) is 5.91 Å². The highest BCUT2D eigenvalue weighted by Gasteiger charge is 2.14. The van der Waals surface area contributed by atoms with E-state index in [1.165, 1.54) is 0 Å². The predicted octanol–water partition coefficient (Wildman–Crippen LogP) is 6.08. The second-order valence-corrected chi connectivity index (χ2v) is 7.72. The molecule has 0 bridgehead atoms. The molecule has 0 fully saturated rings. The van der Waals surface area contributed by atoms with Crippen molar-refractivity contribution < 1.29 is 28.6 Å². The SMILES string of the molecule is O=C(Cc1ccc(Oc2cccc(OCc3ccccc3)c2)cc1)Nc1cc(F)ccc1C(=O)O. The number of rotatable bonds is 9. The molecule has 1 amide bonds. The molecule has 0 aliphatic heterocycles. The fourth-order valence-corrected chi connectivity index (χ4v) is 3.37.